The van der Waals surface area contributed by atoms with Crippen LogP contribution < -0.4 is 0 Å². The summed E-state index contributed by atoms with van der Waals surface area (Å²) in [5.74, 6) is 0.397. The van der Waals surface area contributed by atoms with Crippen molar-refractivity contribution in [2.45, 2.75) is 96.4 Å². The van der Waals surface area contributed by atoms with Crippen LogP contribution in [0.15, 0.2) is 0 Å². The van der Waals surface area contributed by atoms with Crippen LogP contribution in [0.2, 0.25) is 0 Å². The maximum absolute atomic E-state index is 12.3. The Morgan fingerprint density at radius 2 is 1.66 bits per heavy atom. The van der Waals surface area contributed by atoms with Gasteiger partial charge in [-0.3, -0.25) is 9.59 Å². The molecule has 1 N–H and O–H groups in total. The molecule has 29 heavy (non-hydrogen) atoms. The Balaban J connectivity index is 1.29. The second kappa shape index (κ2) is 10.8. The van der Waals surface area contributed by atoms with Gasteiger partial charge >= 0.3 is 11.9 Å². The molecular formula is C23H38O6. The molecule has 1 saturated heterocycles. The highest BCUT2D eigenvalue weighted by atomic mass is 16.6. The number of esters is 2. The number of aliphatic hydroxyl groups excluding tert-OH is 1. The lowest BCUT2D eigenvalue weighted by atomic mass is 9.82. The van der Waals surface area contributed by atoms with Crippen LogP contribution in [0, 0.1) is 23.7 Å². The minimum Gasteiger partial charge on any atom is -0.465 e. The van der Waals surface area contributed by atoms with Crippen molar-refractivity contribution >= 4 is 11.9 Å². The molecule has 5 unspecified atom stereocenters. The molecule has 1 heterocycles. The third kappa shape index (κ3) is 6.95. The first-order valence-corrected chi connectivity index (χ1v) is 11.6. The molecule has 0 bridgehead atoms. The van der Waals surface area contributed by atoms with Crippen LogP contribution in [0.5, 0.6) is 0 Å². The first-order valence-electron chi connectivity index (χ1n) is 11.6. The van der Waals surface area contributed by atoms with Crippen LogP contribution in [0.25, 0.3) is 0 Å². The Kier molecular flexibility index (Phi) is 8.36. The normalized spacial score (nSPS) is 35.6. The number of epoxide rings is 1. The number of rotatable bonds is 9. The molecule has 3 fully saturated rings. The largest absolute Gasteiger partial charge is 0.465 e. The van der Waals surface area contributed by atoms with Crippen molar-refractivity contribution in [2.24, 2.45) is 23.7 Å². The van der Waals surface area contributed by atoms with Gasteiger partial charge in [0.1, 0.15) is 0 Å². The van der Waals surface area contributed by atoms with Gasteiger partial charge in [0.25, 0.3) is 0 Å². The summed E-state index contributed by atoms with van der Waals surface area (Å²) < 4.78 is 16.6. The van der Waals surface area contributed by atoms with E-state index in [-0.39, 0.29) is 42.1 Å². The van der Waals surface area contributed by atoms with Gasteiger partial charge in [0.15, 0.2) is 0 Å². The number of carbonyl (C=O) groups is 2. The number of hydrogen-bond donors (Lipinski definition) is 1. The van der Waals surface area contributed by atoms with Crippen molar-refractivity contribution in [1.82, 2.24) is 0 Å². The second-order valence-corrected chi connectivity index (χ2v) is 9.38. The summed E-state index contributed by atoms with van der Waals surface area (Å²) in [7, 11) is 0. The van der Waals surface area contributed by atoms with Crippen LogP contribution in [0.3, 0.4) is 0 Å². The van der Waals surface area contributed by atoms with Crippen molar-refractivity contribution in [1.29, 1.82) is 0 Å². The molecular weight excluding hydrogens is 372 g/mol. The van der Waals surface area contributed by atoms with Gasteiger partial charge in [0, 0.05) is 0 Å². The van der Waals surface area contributed by atoms with Gasteiger partial charge in [0.2, 0.25) is 0 Å². The maximum Gasteiger partial charge on any atom is 0.309 e. The summed E-state index contributed by atoms with van der Waals surface area (Å²) in [5, 5.41) is 9.72. The van der Waals surface area contributed by atoms with Crippen molar-refractivity contribution in [3.05, 3.63) is 0 Å². The highest BCUT2D eigenvalue weighted by Crippen LogP contribution is 2.32. The summed E-state index contributed by atoms with van der Waals surface area (Å²) in [4.78, 5) is 24.6. The smallest absolute Gasteiger partial charge is 0.309 e. The van der Waals surface area contributed by atoms with Gasteiger partial charge in [-0.15, -0.1) is 0 Å². The molecule has 2 aliphatic carbocycles. The predicted octanol–water partition coefficient (Wildman–Crippen LogP) is 3.63. The van der Waals surface area contributed by atoms with E-state index >= 15 is 0 Å². The Bertz CT molecular complexity index is 541. The fourth-order valence-corrected chi connectivity index (χ4v) is 4.77. The summed E-state index contributed by atoms with van der Waals surface area (Å²) in [6, 6.07) is 0. The van der Waals surface area contributed by atoms with Gasteiger partial charge in [-0.05, 0) is 76.5 Å². The lowest BCUT2D eigenvalue weighted by Crippen LogP contribution is -2.30. The van der Waals surface area contributed by atoms with E-state index in [0.717, 1.165) is 57.8 Å². The van der Waals surface area contributed by atoms with E-state index in [1.54, 1.807) is 0 Å². The van der Waals surface area contributed by atoms with Gasteiger partial charge < -0.3 is 19.3 Å². The number of hydrogen-bond acceptors (Lipinski definition) is 6. The van der Waals surface area contributed by atoms with Crippen molar-refractivity contribution in [2.75, 3.05) is 13.2 Å². The van der Waals surface area contributed by atoms with E-state index in [4.69, 9.17) is 14.2 Å². The quantitative estimate of drug-likeness (QED) is 0.461. The van der Waals surface area contributed by atoms with E-state index in [2.05, 4.69) is 0 Å². The average Bonchev–Trinajstić information content (AvgIpc) is 3.43. The monoisotopic (exact) mass is 410 g/mol. The molecule has 0 aromatic carbocycles. The van der Waals surface area contributed by atoms with Crippen molar-refractivity contribution in [3.63, 3.8) is 0 Å². The molecule has 166 valence electrons. The van der Waals surface area contributed by atoms with E-state index in [0.29, 0.717) is 31.5 Å². The molecule has 1 aliphatic heterocycles. The Hall–Kier alpha value is -1.14. The molecule has 0 amide bonds. The molecule has 6 heteroatoms. The number of carbonyl (C=O) groups excluding carboxylic acids is 2. The number of aliphatic hydroxyl groups is 1. The molecule has 5 atom stereocenters. The third-order valence-electron chi connectivity index (χ3n) is 7.05. The lowest BCUT2D eigenvalue weighted by molar-refractivity contribution is -0.154. The van der Waals surface area contributed by atoms with Crippen LogP contribution in [0.1, 0.15) is 78.1 Å². The molecule has 0 aromatic heterocycles. The van der Waals surface area contributed by atoms with Gasteiger partial charge in [-0.25, -0.2) is 0 Å². The SMILES string of the molecule is CCC(CC1OC1C)C(=O)OCC1CCC(COC(=O)C2CCCC(O)C2)CC1. The van der Waals surface area contributed by atoms with Crippen molar-refractivity contribution in [3.8, 4) is 0 Å². The minimum absolute atomic E-state index is 0.0565. The van der Waals surface area contributed by atoms with Gasteiger partial charge in [0.05, 0.1) is 43.4 Å². The Morgan fingerprint density at radius 1 is 1.03 bits per heavy atom. The molecule has 2 saturated carbocycles. The fourth-order valence-electron chi connectivity index (χ4n) is 4.77. The number of ether oxygens (including phenoxy) is 3. The van der Waals surface area contributed by atoms with E-state index in [9.17, 15) is 14.7 Å². The van der Waals surface area contributed by atoms with Gasteiger partial charge in [-0.2, -0.15) is 0 Å². The zero-order chi connectivity index (χ0) is 20.8. The highest BCUT2D eigenvalue weighted by Gasteiger charge is 2.38. The average molecular weight is 411 g/mol. The summed E-state index contributed by atoms with van der Waals surface area (Å²) in [5.41, 5.74) is 0. The zero-order valence-electron chi connectivity index (χ0n) is 18.0. The second-order valence-electron chi connectivity index (χ2n) is 9.38. The van der Waals surface area contributed by atoms with Crippen LogP contribution in [0.4, 0.5) is 0 Å². The zero-order valence-corrected chi connectivity index (χ0v) is 18.0. The summed E-state index contributed by atoms with van der Waals surface area (Å²) in [6.45, 7) is 5.05. The third-order valence-corrected chi connectivity index (χ3v) is 7.05. The predicted molar refractivity (Wildman–Crippen MR) is 108 cm³/mol. The topological polar surface area (TPSA) is 85.4 Å². The van der Waals surface area contributed by atoms with Crippen molar-refractivity contribution < 1.29 is 28.9 Å². The lowest BCUT2D eigenvalue weighted by Gasteiger charge is -2.29. The van der Waals surface area contributed by atoms with E-state index < -0.39 is 0 Å². The van der Waals surface area contributed by atoms with E-state index in [1.165, 1.54) is 0 Å². The summed E-state index contributed by atoms with van der Waals surface area (Å²) >= 11 is 0. The fraction of sp³-hybridized carbons (Fsp3) is 0.913. The standard InChI is InChI=1S/C23H38O6/c1-3-18(12-21-15(2)29-21)22(25)27-13-16-7-9-17(10-8-16)14-28-23(26)19-5-4-6-20(24)11-19/h15-21,24H,3-14H2,1-2H3. The van der Waals surface area contributed by atoms with Gasteiger partial charge in [-0.1, -0.05) is 13.3 Å². The van der Waals surface area contributed by atoms with Crippen LogP contribution >= 0.6 is 0 Å². The Morgan fingerprint density at radius 3 is 2.21 bits per heavy atom. The molecule has 3 rings (SSSR count). The summed E-state index contributed by atoms with van der Waals surface area (Å²) in [6.07, 6.45) is 8.82. The molecule has 0 aromatic rings. The highest BCUT2D eigenvalue weighted by molar-refractivity contribution is 5.73. The molecule has 0 radical (unpaired) electrons. The molecule has 3 aliphatic rings. The Labute approximate surface area is 174 Å². The molecule has 6 nitrogen and oxygen atoms in total. The first kappa shape index (κ1) is 22.5. The first-order chi connectivity index (χ1) is 14.0. The van der Waals surface area contributed by atoms with E-state index in [1.807, 2.05) is 13.8 Å². The van der Waals surface area contributed by atoms with Crippen LogP contribution in [-0.4, -0.2) is 48.6 Å². The maximum atomic E-state index is 12.3. The van der Waals surface area contributed by atoms with Crippen LogP contribution in [-0.2, 0) is 23.8 Å². The minimum atomic E-state index is -0.355. The molecule has 0 spiro atoms.